The molecule has 0 spiro atoms. The van der Waals surface area contributed by atoms with Crippen molar-refractivity contribution in [3.8, 4) is 0 Å². The molecule has 0 bridgehead atoms. The minimum Gasteiger partial charge on any atom is -0.298 e. The summed E-state index contributed by atoms with van der Waals surface area (Å²) in [4.78, 5) is 19.5. The Labute approximate surface area is 118 Å². The second-order valence-electron chi connectivity index (χ2n) is 4.20. The van der Waals surface area contributed by atoms with Gasteiger partial charge in [0.1, 0.15) is 5.69 Å². The number of anilines is 1. The number of hydrogen-bond acceptors (Lipinski definition) is 4. The first-order valence-corrected chi connectivity index (χ1v) is 5.88. The number of hydrogen-bond donors (Lipinski definition) is 2. The largest absolute Gasteiger partial charge is 0.416 e. The van der Waals surface area contributed by atoms with Gasteiger partial charge in [-0.15, -0.1) is 0 Å². The molecule has 0 aliphatic carbocycles. The van der Waals surface area contributed by atoms with Crippen molar-refractivity contribution in [3.05, 3.63) is 53.6 Å². The fraction of sp³-hybridized carbons (Fsp3) is 0.154. The van der Waals surface area contributed by atoms with Crippen molar-refractivity contribution >= 4 is 11.6 Å². The molecular formula is C13H11F3N4O. The van der Waals surface area contributed by atoms with Crippen molar-refractivity contribution in [2.24, 2.45) is 0 Å². The molecule has 0 atom stereocenters. The van der Waals surface area contributed by atoms with Gasteiger partial charge >= 0.3 is 6.18 Å². The van der Waals surface area contributed by atoms with E-state index >= 15 is 0 Å². The van der Waals surface area contributed by atoms with Crippen LogP contribution < -0.4 is 10.9 Å². The molecule has 2 aromatic rings. The first-order valence-electron chi connectivity index (χ1n) is 5.88. The second kappa shape index (κ2) is 5.78. The molecule has 1 aromatic heterocycles. The van der Waals surface area contributed by atoms with Crippen molar-refractivity contribution in [2.45, 2.75) is 13.1 Å². The Balaban J connectivity index is 2.03. The molecule has 2 rings (SSSR count). The molecule has 0 radical (unpaired) electrons. The average Bonchev–Trinajstić information content (AvgIpc) is 2.45. The summed E-state index contributed by atoms with van der Waals surface area (Å²) in [6.07, 6.45) is -1.75. The highest BCUT2D eigenvalue weighted by Crippen LogP contribution is 2.30. The number of nitrogens with one attached hydrogen (secondary N) is 2. The number of alkyl halides is 3. The monoisotopic (exact) mass is 296 g/mol. The average molecular weight is 296 g/mol. The summed E-state index contributed by atoms with van der Waals surface area (Å²) in [6, 6.07) is 4.47. The van der Waals surface area contributed by atoms with Crippen molar-refractivity contribution in [1.82, 2.24) is 15.4 Å². The third kappa shape index (κ3) is 3.91. The Morgan fingerprint density at radius 2 is 1.95 bits per heavy atom. The fourth-order valence-corrected chi connectivity index (χ4v) is 1.48. The lowest BCUT2D eigenvalue weighted by Crippen LogP contribution is -2.30. The first kappa shape index (κ1) is 14.8. The number of halogens is 3. The number of benzene rings is 1. The number of nitrogens with zero attached hydrogens (tertiary/aromatic N) is 2. The van der Waals surface area contributed by atoms with E-state index in [0.717, 1.165) is 12.1 Å². The highest BCUT2D eigenvalue weighted by molar-refractivity contribution is 5.92. The molecule has 0 saturated carbocycles. The quantitative estimate of drug-likeness (QED) is 0.854. The number of aryl methyl sites for hydroxylation is 1. The molecule has 0 aliphatic rings. The zero-order valence-electron chi connectivity index (χ0n) is 10.9. The lowest BCUT2D eigenvalue weighted by molar-refractivity contribution is -0.137. The van der Waals surface area contributed by atoms with E-state index < -0.39 is 17.6 Å². The van der Waals surface area contributed by atoms with Gasteiger partial charge in [-0.3, -0.25) is 20.6 Å². The smallest absolute Gasteiger partial charge is 0.298 e. The summed E-state index contributed by atoms with van der Waals surface area (Å²) in [5, 5.41) is 0. The van der Waals surface area contributed by atoms with Gasteiger partial charge in [-0.2, -0.15) is 13.2 Å². The fourth-order valence-electron chi connectivity index (χ4n) is 1.48. The van der Waals surface area contributed by atoms with Crippen LogP contribution in [-0.4, -0.2) is 15.9 Å². The maximum Gasteiger partial charge on any atom is 0.416 e. The zero-order valence-corrected chi connectivity index (χ0v) is 10.9. The van der Waals surface area contributed by atoms with Gasteiger partial charge in [-0.1, -0.05) is 6.07 Å². The van der Waals surface area contributed by atoms with Crippen LogP contribution in [0.4, 0.5) is 18.9 Å². The number of amides is 1. The lowest BCUT2D eigenvalue weighted by Gasteiger charge is -2.11. The van der Waals surface area contributed by atoms with E-state index in [-0.39, 0.29) is 11.4 Å². The van der Waals surface area contributed by atoms with Crippen LogP contribution in [0.2, 0.25) is 0 Å². The molecule has 110 valence electrons. The van der Waals surface area contributed by atoms with Crippen molar-refractivity contribution < 1.29 is 18.0 Å². The molecule has 1 heterocycles. The molecule has 21 heavy (non-hydrogen) atoms. The third-order valence-electron chi connectivity index (χ3n) is 2.52. The summed E-state index contributed by atoms with van der Waals surface area (Å²) in [5.74, 6) is -0.597. The maximum atomic E-state index is 12.5. The van der Waals surface area contributed by atoms with E-state index in [0.29, 0.717) is 5.69 Å². The van der Waals surface area contributed by atoms with Gasteiger partial charge in [-0.25, -0.2) is 4.98 Å². The van der Waals surface area contributed by atoms with Gasteiger partial charge in [0.05, 0.1) is 23.1 Å². The van der Waals surface area contributed by atoms with Crippen molar-refractivity contribution in [2.75, 3.05) is 5.43 Å². The Hall–Kier alpha value is -2.64. The molecule has 5 nitrogen and oxygen atoms in total. The summed E-state index contributed by atoms with van der Waals surface area (Å²) < 4.78 is 37.6. The molecular weight excluding hydrogens is 285 g/mol. The normalized spacial score (nSPS) is 11.0. The SMILES string of the molecule is Cc1cnc(C(=O)NNc2cccc(C(F)(F)F)c2)cn1. The van der Waals surface area contributed by atoms with E-state index in [1.807, 2.05) is 0 Å². The summed E-state index contributed by atoms with van der Waals surface area (Å²) >= 11 is 0. The van der Waals surface area contributed by atoms with E-state index in [1.54, 1.807) is 6.92 Å². The van der Waals surface area contributed by atoms with E-state index in [1.165, 1.54) is 24.5 Å². The minimum atomic E-state index is -4.44. The molecule has 2 N–H and O–H groups in total. The van der Waals surface area contributed by atoms with E-state index in [9.17, 15) is 18.0 Å². The number of rotatable bonds is 3. The van der Waals surface area contributed by atoms with Crippen LogP contribution in [0.3, 0.4) is 0 Å². The second-order valence-corrected chi connectivity index (χ2v) is 4.20. The van der Waals surface area contributed by atoms with Gasteiger partial charge in [0.15, 0.2) is 0 Å². The summed E-state index contributed by atoms with van der Waals surface area (Å²) in [7, 11) is 0. The van der Waals surface area contributed by atoms with Gasteiger partial charge < -0.3 is 0 Å². The molecule has 0 fully saturated rings. The summed E-state index contributed by atoms with van der Waals surface area (Å²) in [6.45, 7) is 1.72. The van der Waals surface area contributed by atoms with E-state index in [4.69, 9.17) is 0 Å². The van der Waals surface area contributed by atoms with Crippen LogP contribution in [0, 0.1) is 6.92 Å². The number of aromatic nitrogens is 2. The first-order chi connectivity index (χ1) is 9.86. The maximum absolute atomic E-state index is 12.5. The van der Waals surface area contributed by atoms with Crippen molar-refractivity contribution in [3.63, 3.8) is 0 Å². The van der Waals surface area contributed by atoms with Crippen LogP contribution in [0.5, 0.6) is 0 Å². The Bertz CT molecular complexity index is 641. The Kier molecular flexibility index (Phi) is 4.06. The Morgan fingerprint density at radius 1 is 1.19 bits per heavy atom. The van der Waals surface area contributed by atoms with Gasteiger partial charge in [-0.05, 0) is 25.1 Å². The molecule has 0 unspecified atom stereocenters. The number of carbonyl (C=O) groups is 1. The highest BCUT2D eigenvalue weighted by Gasteiger charge is 2.30. The molecule has 1 amide bonds. The zero-order chi connectivity index (χ0) is 15.5. The number of carbonyl (C=O) groups excluding carboxylic acids is 1. The summed E-state index contributed by atoms with van der Waals surface area (Å²) in [5.41, 5.74) is 4.66. The predicted octanol–water partition coefficient (Wildman–Crippen LogP) is 2.56. The predicted molar refractivity (Wildman–Crippen MR) is 69.3 cm³/mol. The Morgan fingerprint density at radius 3 is 2.57 bits per heavy atom. The lowest BCUT2D eigenvalue weighted by atomic mass is 10.2. The van der Waals surface area contributed by atoms with Gasteiger partial charge in [0, 0.05) is 6.20 Å². The standard InChI is InChI=1S/C13H11F3N4O/c1-8-6-18-11(7-17-8)12(21)20-19-10-4-2-3-9(5-10)13(14,15)16/h2-7,19H,1H3,(H,20,21). The van der Waals surface area contributed by atoms with Crippen LogP contribution in [0.25, 0.3) is 0 Å². The van der Waals surface area contributed by atoms with E-state index in [2.05, 4.69) is 20.8 Å². The van der Waals surface area contributed by atoms with Crippen LogP contribution in [0.15, 0.2) is 36.7 Å². The topological polar surface area (TPSA) is 66.9 Å². The molecule has 0 aliphatic heterocycles. The van der Waals surface area contributed by atoms with Gasteiger partial charge in [0.2, 0.25) is 0 Å². The van der Waals surface area contributed by atoms with Gasteiger partial charge in [0.25, 0.3) is 5.91 Å². The molecule has 1 aromatic carbocycles. The van der Waals surface area contributed by atoms with Crippen LogP contribution >= 0.6 is 0 Å². The molecule has 8 heteroatoms. The minimum absolute atomic E-state index is 0.0556. The molecule has 0 saturated heterocycles. The highest BCUT2D eigenvalue weighted by atomic mass is 19.4. The third-order valence-corrected chi connectivity index (χ3v) is 2.52. The van der Waals surface area contributed by atoms with Crippen molar-refractivity contribution in [1.29, 1.82) is 0 Å². The number of hydrazine groups is 1. The van der Waals surface area contributed by atoms with Crippen LogP contribution in [0.1, 0.15) is 21.7 Å². The van der Waals surface area contributed by atoms with Crippen LogP contribution in [-0.2, 0) is 6.18 Å².